The zero-order valence-corrected chi connectivity index (χ0v) is 43.9. The van der Waals surface area contributed by atoms with E-state index in [0.717, 1.165) is 69.6 Å². The fourth-order valence-electron chi connectivity index (χ4n) is 8.84. The van der Waals surface area contributed by atoms with Crippen LogP contribution in [0.5, 0.6) is 0 Å². The van der Waals surface area contributed by atoms with Gasteiger partial charge in [-0.2, -0.15) is 0 Å². The van der Waals surface area contributed by atoms with Crippen LogP contribution in [-0.4, -0.2) is 37.2 Å². The van der Waals surface area contributed by atoms with Crippen LogP contribution in [0.15, 0.2) is 0 Å². The van der Waals surface area contributed by atoms with Gasteiger partial charge in [-0.05, 0) is 31.1 Å². The van der Waals surface area contributed by atoms with E-state index in [-0.39, 0.29) is 31.1 Å². The summed E-state index contributed by atoms with van der Waals surface area (Å²) in [7, 11) is 0. The number of esters is 3. The molecule has 6 nitrogen and oxygen atoms in total. The van der Waals surface area contributed by atoms with Crippen molar-refractivity contribution < 1.29 is 28.6 Å². The average Bonchev–Trinajstić information content (AvgIpc) is 3.28. The van der Waals surface area contributed by atoms with Gasteiger partial charge in [-0.1, -0.05) is 285 Å². The van der Waals surface area contributed by atoms with E-state index in [4.69, 9.17) is 14.2 Å². The molecule has 0 N–H and O–H groups in total. The highest BCUT2D eigenvalue weighted by Gasteiger charge is 2.19. The second kappa shape index (κ2) is 50.8. The molecular weight excluding hydrogens is 793 g/mol. The topological polar surface area (TPSA) is 78.9 Å². The third-order valence-electron chi connectivity index (χ3n) is 13.6. The van der Waals surface area contributed by atoms with E-state index in [1.165, 1.54) is 212 Å². The zero-order valence-electron chi connectivity index (χ0n) is 43.9. The first-order valence-corrected chi connectivity index (χ1v) is 28.8. The van der Waals surface area contributed by atoms with E-state index in [2.05, 4.69) is 34.6 Å². The van der Waals surface area contributed by atoms with E-state index in [9.17, 15) is 14.4 Å². The third kappa shape index (κ3) is 49.8. The Morgan fingerprint density at radius 2 is 0.594 bits per heavy atom. The second-order valence-electron chi connectivity index (χ2n) is 20.6. The Labute approximate surface area is 399 Å². The van der Waals surface area contributed by atoms with Crippen molar-refractivity contribution in [1.29, 1.82) is 0 Å². The molecule has 0 heterocycles. The van der Waals surface area contributed by atoms with E-state index < -0.39 is 6.10 Å². The monoisotopic (exact) mass is 905 g/mol. The van der Waals surface area contributed by atoms with E-state index >= 15 is 0 Å². The molecule has 0 aromatic carbocycles. The predicted octanol–water partition coefficient (Wildman–Crippen LogP) is 18.9. The molecular formula is C58H112O6. The first-order chi connectivity index (χ1) is 31.3. The maximum atomic E-state index is 12.8. The van der Waals surface area contributed by atoms with Crippen LogP contribution in [-0.2, 0) is 28.6 Å². The van der Waals surface area contributed by atoms with Crippen molar-refractivity contribution in [2.75, 3.05) is 13.2 Å². The van der Waals surface area contributed by atoms with E-state index in [1.54, 1.807) is 0 Å². The summed E-state index contributed by atoms with van der Waals surface area (Å²) in [5.41, 5.74) is 0. The van der Waals surface area contributed by atoms with Crippen molar-refractivity contribution in [3.63, 3.8) is 0 Å². The van der Waals surface area contributed by atoms with Crippen LogP contribution in [0, 0.1) is 11.8 Å². The molecule has 1 unspecified atom stereocenters. The third-order valence-corrected chi connectivity index (χ3v) is 13.6. The summed E-state index contributed by atoms with van der Waals surface area (Å²) in [5.74, 6) is 0.829. The van der Waals surface area contributed by atoms with E-state index in [1.807, 2.05) is 0 Å². The van der Waals surface area contributed by atoms with Gasteiger partial charge in [0.05, 0.1) is 0 Å². The van der Waals surface area contributed by atoms with Crippen molar-refractivity contribution in [3.8, 4) is 0 Å². The van der Waals surface area contributed by atoms with Crippen molar-refractivity contribution >= 4 is 17.9 Å². The normalized spacial score (nSPS) is 12.5. The van der Waals surface area contributed by atoms with Crippen LogP contribution in [0.4, 0.5) is 0 Å². The lowest BCUT2D eigenvalue weighted by atomic mass is 10.00. The molecule has 0 aliphatic carbocycles. The predicted molar refractivity (Wildman–Crippen MR) is 275 cm³/mol. The average molecular weight is 906 g/mol. The molecule has 0 aliphatic rings. The Morgan fingerprint density at radius 1 is 0.328 bits per heavy atom. The smallest absolute Gasteiger partial charge is 0.306 e. The summed E-state index contributed by atoms with van der Waals surface area (Å²) >= 11 is 0. The minimum absolute atomic E-state index is 0.0635. The van der Waals surface area contributed by atoms with Gasteiger partial charge in [0, 0.05) is 19.3 Å². The van der Waals surface area contributed by atoms with Crippen LogP contribution in [0.2, 0.25) is 0 Å². The molecule has 64 heavy (non-hydrogen) atoms. The number of hydrogen-bond acceptors (Lipinski definition) is 6. The summed E-state index contributed by atoms with van der Waals surface area (Å²) in [6.45, 7) is 11.4. The van der Waals surface area contributed by atoms with Gasteiger partial charge in [0.15, 0.2) is 6.10 Å². The number of carbonyl (C=O) groups is 3. The van der Waals surface area contributed by atoms with Crippen molar-refractivity contribution in [1.82, 2.24) is 0 Å². The SMILES string of the molecule is CCCCCCCCCCCCCCCCCC(=O)OC[C@@H](COC(=O)CCCCCCCCC(C)CC)OC(=O)CCCCCCCCCCCCCCCCCCCCC(C)C. The number of rotatable bonds is 52. The van der Waals surface area contributed by atoms with Gasteiger partial charge < -0.3 is 14.2 Å². The van der Waals surface area contributed by atoms with Crippen LogP contribution < -0.4 is 0 Å². The lowest BCUT2D eigenvalue weighted by Crippen LogP contribution is -2.30. The fraction of sp³-hybridized carbons (Fsp3) is 0.948. The number of carbonyl (C=O) groups excluding carboxylic acids is 3. The Hall–Kier alpha value is -1.59. The highest BCUT2D eigenvalue weighted by molar-refractivity contribution is 5.71. The van der Waals surface area contributed by atoms with Crippen molar-refractivity contribution in [3.05, 3.63) is 0 Å². The standard InChI is InChI=1S/C58H112O6/c1-6-8-9-10-11-12-13-14-19-23-26-29-32-38-43-48-56(59)62-51-55(52-63-57(60)49-44-39-35-34-37-42-47-54(5)7-2)64-58(61)50-45-40-33-30-27-24-21-18-16-15-17-20-22-25-28-31-36-41-46-53(3)4/h53-55H,6-52H2,1-5H3/t54?,55-/m0/s1. The molecule has 0 bridgehead atoms. The number of unbranched alkanes of at least 4 members (excludes halogenated alkanes) is 36. The molecule has 0 rings (SSSR count). The lowest BCUT2D eigenvalue weighted by molar-refractivity contribution is -0.167. The van der Waals surface area contributed by atoms with Gasteiger partial charge in [0.25, 0.3) is 0 Å². The Bertz CT molecular complexity index is 980. The van der Waals surface area contributed by atoms with Gasteiger partial charge >= 0.3 is 17.9 Å². The van der Waals surface area contributed by atoms with Crippen LogP contribution in [0.3, 0.4) is 0 Å². The summed E-state index contributed by atoms with van der Waals surface area (Å²) in [6, 6.07) is 0. The van der Waals surface area contributed by atoms with Gasteiger partial charge in [-0.3, -0.25) is 14.4 Å². The van der Waals surface area contributed by atoms with Crippen LogP contribution in [0.1, 0.15) is 324 Å². The maximum absolute atomic E-state index is 12.8. The minimum atomic E-state index is -0.763. The van der Waals surface area contributed by atoms with Gasteiger partial charge in [0.2, 0.25) is 0 Å². The summed E-state index contributed by atoms with van der Waals surface area (Å²) in [6.07, 6.45) is 53.9. The Balaban J connectivity index is 4.23. The van der Waals surface area contributed by atoms with Crippen LogP contribution >= 0.6 is 0 Å². The maximum Gasteiger partial charge on any atom is 0.306 e. The number of hydrogen-bond donors (Lipinski definition) is 0. The molecule has 0 aromatic heterocycles. The van der Waals surface area contributed by atoms with Crippen LogP contribution in [0.25, 0.3) is 0 Å². The fourth-order valence-corrected chi connectivity index (χ4v) is 8.84. The first kappa shape index (κ1) is 62.4. The van der Waals surface area contributed by atoms with Gasteiger partial charge in [0.1, 0.15) is 13.2 Å². The first-order valence-electron chi connectivity index (χ1n) is 28.8. The quantitative estimate of drug-likeness (QED) is 0.0344. The van der Waals surface area contributed by atoms with Gasteiger partial charge in [-0.15, -0.1) is 0 Å². The summed E-state index contributed by atoms with van der Waals surface area (Å²) < 4.78 is 16.9. The molecule has 0 radical (unpaired) electrons. The highest BCUT2D eigenvalue weighted by Crippen LogP contribution is 2.18. The molecule has 0 amide bonds. The largest absolute Gasteiger partial charge is 0.462 e. The van der Waals surface area contributed by atoms with Crippen molar-refractivity contribution in [2.45, 2.75) is 330 Å². The zero-order chi connectivity index (χ0) is 46.8. The summed E-state index contributed by atoms with van der Waals surface area (Å²) in [5, 5.41) is 0. The molecule has 0 fully saturated rings. The molecule has 0 aromatic rings. The molecule has 6 heteroatoms. The van der Waals surface area contributed by atoms with Gasteiger partial charge in [-0.25, -0.2) is 0 Å². The molecule has 2 atom stereocenters. The minimum Gasteiger partial charge on any atom is -0.462 e. The molecule has 0 aliphatic heterocycles. The highest BCUT2D eigenvalue weighted by atomic mass is 16.6. The Morgan fingerprint density at radius 3 is 0.891 bits per heavy atom. The molecule has 0 saturated heterocycles. The number of ether oxygens (including phenoxy) is 3. The molecule has 380 valence electrons. The van der Waals surface area contributed by atoms with E-state index in [0.29, 0.717) is 19.3 Å². The summed E-state index contributed by atoms with van der Waals surface area (Å²) in [4.78, 5) is 38.1. The lowest BCUT2D eigenvalue weighted by Gasteiger charge is -2.18. The molecule has 0 spiro atoms. The van der Waals surface area contributed by atoms with Crippen molar-refractivity contribution in [2.24, 2.45) is 11.8 Å². The Kier molecular flexibility index (Phi) is 49.6. The second-order valence-corrected chi connectivity index (χ2v) is 20.6. The molecule has 0 saturated carbocycles.